The number of aryl methyl sites for hydroxylation is 2. The van der Waals surface area contributed by atoms with Crippen molar-refractivity contribution in [3.63, 3.8) is 0 Å². The van der Waals surface area contributed by atoms with E-state index in [9.17, 15) is 9.90 Å². The van der Waals surface area contributed by atoms with E-state index in [-0.39, 0.29) is 11.4 Å². The predicted molar refractivity (Wildman–Crippen MR) is 71.9 cm³/mol. The Bertz CT molecular complexity index is 472. The van der Waals surface area contributed by atoms with Gasteiger partial charge in [0.05, 0.1) is 0 Å². The van der Waals surface area contributed by atoms with Crippen LogP contribution in [-0.2, 0) is 12.8 Å². The van der Waals surface area contributed by atoms with Gasteiger partial charge in [-0.2, -0.15) is 0 Å². The molecular formula is C14H20N2O3. The molecule has 1 N–H and O–H groups in total. The van der Waals surface area contributed by atoms with Crippen LogP contribution >= 0.6 is 0 Å². The van der Waals surface area contributed by atoms with Gasteiger partial charge in [0.15, 0.2) is 0 Å². The molecule has 0 aliphatic heterocycles. The van der Waals surface area contributed by atoms with Crippen LogP contribution in [0.3, 0.4) is 0 Å². The Labute approximate surface area is 113 Å². The first-order chi connectivity index (χ1) is 9.08. The zero-order chi connectivity index (χ0) is 13.8. The molecule has 104 valence electrons. The Hall–Kier alpha value is -1.62. The molecule has 0 atom stereocenters. The van der Waals surface area contributed by atoms with Gasteiger partial charge in [0.25, 0.3) is 0 Å². The maximum absolute atomic E-state index is 11.3. The molecule has 1 aliphatic rings. The Balaban J connectivity index is 2.21. The van der Waals surface area contributed by atoms with Crippen molar-refractivity contribution in [1.29, 1.82) is 0 Å². The summed E-state index contributed by atoms with van der Waals surface area (Å²) in [5.41, 5.74) is 2.24. The monoisotopic (exact) mass is 264 g/mol. The van der Waals surface area contributed by atoms with Gasteiger partial charge in [0, 0.05) is 12.2 Å². The Morgan fingerprint density at radius 1 is 1.42 bits per heavy atom. The number of hydrogen-bond acceptors (Lipinski definition) is 4. The molecule has 1 aromatic heterocycles. The van der Waals surface area contributed by atoms with Crippen LogP contribution in [0.5, 0.6) is 5.88 Å². The molecule has 5 heteroatoms. The smallest absolute Gasteiger partial charge is 0.341 e. The van der Waals surface area contributed by atoms with Crippen LogP contribution in [0.2, 0.25) is 0 Å². The minimum Gasteiger partial charge on any atom is -0.477 e. The summed E-state index contributed by atoms with van der Waals surface area (Å²) >= 11 is 0. The Morgan fingerprint density at radius 3 is 2.84 bits per heavy atom. The number of likely N-dealkylation sites (N-methyl/N-ethyl adjacent to an activating group) is 1. The molecule has 2 rings (SSSR count). The standard InChI is InChI=1S/C14H20N2O3/c1-16(2)7-8-19-13-11(14(17)18)9-10-5-3-4-6-12(10)15-13/h9H,3-8H2,1-2H3,(H,17,18). The fraction of sp³-hybridized carbons (Fsp3) is 0.571. The molecule has 0 bridgehead atoms. The minimum atomic E-state index is -0.972. The molecule has 1 aliphatic carbocycles. The van der Waals surface area contributed by atoms with Crippen LogP contribution in [0.1, 0.15) is 34.5 Å². The number of aromatic nitrogens is 1. The fourth-order valence-corrected chi connectivity index (χ4v) is 2.20. The summed E-state index contributed by atoms with van der Waals surface area (Å²) in [7, 11) is 3.89. The van der Waals surface area contributed by atoms with Gasteiger partial charge in [-0.05, 0) is 51.4 Å². The van der Waals surface area contributed by atoms with Crippen LogP contribution < -0.4 is 4.74 Å². The highest BCUT2D eigenvalue weighted by molar-refractivity contribution is 5.90. The third-order valence-corrected chi connectivity index (χ3v) is 3.27. The largest absolute Gasteiger partial charge is 0.477 e. The lowest BCUT2D eigenvalue weighted by Gasteiger charge is -2.18. The molecular weight excluding hydrogens is 244 g/mol. The van der Waals surface area contributed by atoms with E-state index in [0.717, 1.165) is 43.5 Å². The number of nitrogens with zero attached hydrogens (tertiary/aromatic N) is 2. The molecule has 0 radical (unpaired) electrons. The van der Waals surface area contributed by atoms with Crippen molar-refractivity contribution in [2.24, 2.45) is 0 Å². The molecule has 19 heavy (non-hydrogen) atoms. The average molecular weight is 264 g/mol. The molecule has 1 aromatic rings. The van der Waals surface area contributed by atoms with Crippen molar-refractivity contribution in [2.45, 2.75) is 25.7 Å². The second-order valence-electron chi connectivity index (χ2n) is 5.11. The van der Waals surface area contributed by atoms with Crippen molar-refractivity contribution < 1.29 is 14.6 Å². The van der Waals surface area contributed by atoms with Gasteiger partial charge in [-0.25, -0.2) is 9.78 Å². The fourth-order valence-electron chi connectivity index (χ4n) is 2.20. The number of carboxylic acids is 1. The van der Waals surface area contributed by atoms with E-state index in [1.807, 2.05) is 19.0 Å². The zero-order valence-electron chi connectivity index (χ0n) is 11.5. The van der Waals surface area contributed by atoms with E-state index in [1.165, 1.54) is 0 Å². The van der Waals surface area contributed by atoms with Crippen LogP contribution in [0.25, 0.3) is 0 Å². The third-order valence-electron chi connectivity index (χ3n) is 3.27. The normalized spacial score (nSPS) is 14.3. The van der Waals surface area contributed by atoms with Crippen LogP contribution in [0, 0.1) is 0 Å². The predicted octanol–water partition coefficient (Wildman–Crippen LogP) is 1.60. The molecule has 0 spiro atoms. The number of hydrogen-bond donors (Lipinski definition) is 1. The number of pyridine rings is 1. The first-order valence-electron chi connectivity index (χ1n) is 6.61. The summed E-state index contributed by atoms with van der Waals surface area (Å²) in [4.78, 5) is 17.7. The molecule has 1 heterocycles. The molecule has 0 saturated heterocycles. The van der Waals surface area contributed by atoms with E-state index in [0.29, 0.717) is 6.61 Å². The second kappa shape index (κ2) is 6.02. The zero-order valence-corrected chi connectivity index (χ0v) is 11.5. The highest BCUT2D eigenvalue weighted by Crippen LogP contribution is 2.26. The highest BCUT2D eigenvalue weighted by atomic mass is 16.5. The molecule has 0 unspecified atom stereocenters. The topological polar surface area (TPSA) is 62.7 Å². The van der Waals surface area contributed by atoms with E-state index in [1.54, 1.807) is 6.07 Å². The highest BCUT2D eigenvalue weighted by Gasteiger charge is 2.19. The molecule has 0 aromatic carbocycles. The van der Waals surface area contributed by atoms with Crippen LogP contribution in [0.15, 0.2) is 6.07 Å². The van der Waals surface area contributed by atoms with E-state index in [2.05, 4.69) is 4.98 Å². The minimum absolute atomic E-state index is 0.180. The van der Waals surface area contributed by atoms with Crippen molar-refractivity contribution in [3.05, 3.63) is 22.9 Å². The van der Waals surface area contributed by atoms with Crippen molar-refractivity contribution >= 4 is 5.97 Å². The van der Waals surface area contributed by atoms with Crippen LogP contribution in [-0.4, -0.2) is 48.2 Å². The summed E-state index contributed by atoms with van der Waals surface area (Å²) in [6, 6.07) is 1.73. The summed E-state index contributed by atoms with van der Waals surface area (Å²) in [6.07, 6.45) is 4.05. The first kappa shape index (κ1) is 13.8. The van der Waals surface area contributed by atoms with Gasteiger partial charge >= 0.3 is 5.97 Å². The Kier molecular flexibility index (Phi) is 4.37. The first-order valence-corrected chi connectivity index (χ1v) is 6.61. The van der Waals surface area contributed by atoms with E-state index in [4.69, 9.17) is 4.74 Å². The summed E-state index contributed by atoms with van der Waals surface area (Å²) < 4.78 is 5.54. The maximum atomic E-state index is 11.3. The molecule has 0 amide bonds. The average Bonchev–Trinajstić information content (AvgIpc) is 2.37. The van der Waals surface area contributed by atoms with Crippen LogP contribution in [0.4, 0.5) is 0 Å². The maximum Gasteiger partial charge on any atom is 0.341 e. The molecule has 0 fully saturated rings. The van der Waals surface area contributed by atoms with E-state index < -0.39 is 5.97 Å². The van der Waals surface area contributed by atoms with Crippen molar-refractivity contribution in [1.82, 2.24) is 9.88 Å². The second-order valence-corrected chi connectivity index (χ2v) is 5.11. The number of ether oxygens (including phenoxy) is 1. The Morgan fingerprint density at radius 2 is 2.16 bits per heavy atom. The number of fused-ring (bicyclic) bond motifs is 1. The van der Waals surface area contributed by atoms with Gasteiger partial charge in [0.2, 0.25) is 5.88 Å². The quantitative estimate of drug-likeness (QED) is 0.875. The number of carboxylic acid groups (broad SMARTS) is 1. The lowest BCUT2D eigenvalue weighted by molar-refractivity contribution is 0.0690. The van der Waals surface area contributed by atoms with Gasteiger partial charge in [-0.15, -0.1) is 0 Å². The van der Waals surface area contributed by atoms with Gasteiger partial charge < -0.3 is 14.7 Å². The lowest BCUT2D eigenvalue weighted by atomic mass is 9.95. The summed E-state index contributed by atoms with van der Waals surface area (Å²) in [6.45, 7) is 1.18. The van der Waals surface area contributed by atoms with Gasteiger partial charge in [-0.1, -0.05) is 0 Å². The summed E-state index contributed by atoms with van der Waals surface area (Å²) in [5, 5.41) is 9.25. The molecule has 0 saturated carbocycles. The van der Waals surface area contributed by atoms with Crippen molar-refractivity contribution in [3.8, 4) is 5.88 Å². The lowest BCUT2D eigenvalue weighted by Crippen LogP contribution is -2.21. The third kappa shape index (κ3) is 3.44. The van der Waals surface area contributed by atoms with E-state index >= 15 is 0 Å². The number of aromatic carboxylic acids is 1. The van der Waals surface area contributed by atoms with Gasteiger partial charge in [-0.3, -0.25) is 0 Å². The molecule has 5 nitrogen and oxygen atoms in total. The van der Waals surface area contributed by atoms with Gasteiger partial charge in [0.1, 0.15) is 12.2 Å². The number of carbonyl (C=O) groups is 1. The summed E-state index contributed by atoms with van der Waals surface area (Å²) in [5.74, 6) is -0.712. The SMILES string of the molecule is CN(C)CCOc1nc2c(cc1C(=O)O)CCCC2. The number of rotatable bonds is 5. The van der Waals surface area contributed by atoms with Crippen molar-refractivity contribution in [2.75, 3.05) is 27.2 Å².